The summed E-state index contributed by atoms with van der Waals surface area (Å²) in [6.45, 7) is 1.84. The highest BCUT2D eigenvalue weighted by molar-refractivity contribution is 7.12. The van der Waals surface area contributed by atoms with Crippen LogP contribution >= 0.6 is 11.3 Å². The number of hydrogen-bond donors (Lipinski definition) is 2. The molecule has 1 aliphatic carbocycles. The maximum absolute atomic E-state index is 12.5. The Balaban J connectivity index is 1.63. The largest absolute Gasteiger partial charge is 0.432 e. The fourth-order valence-electron chi connectivity index (χ4n) is 2.31. The SMILES string of the molecule is Cc1nc(C2CCC2)sc1CC(=O)Nc1cc(C(F)(F)F)[nH]n1. The first kappa shape index (κ1) is 16.0. The Morgan fingerprint density at radius 2 is 2.22 bits per heavy atom. The van der Waals surface area contributed by atoms with E-state index >= 15 is 0 Å². The Morgan fingerprint density at radius 3 is 2.78 bits per heavy atom. The molecule has 1 fully saturated rings. The maximum Gasteiger partial charge on any atom is 0.432 e. The zero-order chi connectivity index (χ0) is 16.6. The number of hydrogen-bond acceptors (Lipinski definition) is 4. The number of halogens is 3. The molecule has 0 saturated heterocycles. The molecule has 0 aliphatic heterocycles. The van der Waals surface area contributed by atoms with Gasteiger partial charge in [0.25, 0.3) is 0 Å². The molecule has 2 aromatic rings. The average molecular weight is 344 g/mol. The van der Waals surface area contributed by atoms with Crippen LogP contribution in [0.5, 0.6) is 0 Å². The first-order valence-corrected chi connectivity index (χ1v) is 8.03. The van der Waals surface area contributed by atoms with Gasteiger partial charge >= 0.3 is 6.18 Å². The summed E-state index contributed by atoms with van der Waals surface area (Å²) in [6.07, 6.45) is -0.954. The second-order valence-corrected chi connectivity index (χ2v) is 6.69. The van der Waals surface area contributed by atoms with Crippen LogP contribution in [0.1, 0.15) is 46.5 Å². The molecule has 3 rings (SSSR count). The van der Waals surface area contributed by atoms with E-state index in [2.05, 4.69) is 15.4 Å². The molecular formula is C14H15F3N4OS. The van der Waals surface area contributed by atoms with E-state index in [0.717, 1.165) is 34.5 Å². The van der Waals surface area contributed by atoms with Crippen molar-refractivity contribution in [3.05, 3.63) is 27.3 Å². The highest BCUT2D eigenvalue weighted by Gasteiger charge is 2.33. The van der Waals surface area contributed by atoms with Gasteiger partial charge in [0.05, 0.1) is 17.1 Å². The van der Waals surface area contributed by atoms with E-state index in [1.165, 1.54) is 17.8 Å². The third kappa shape index (κ3) is 3.54. The smallest absolute Gasteiger partial charge is 0.309 e. The number of nitrogens with one attached hydrogen (secondary N) is 2. The maximum atomic E-state index is 12.5. The monoisotopic (exact) mass is 344 g/mol. The van der Waals surface area contributed by atoms with E-state index in [0.29, 0.717) is 5.92 Å². The zero-order valence-electron chi connectivity index (χ0n) is 12.3. The van der Waals surface area contributed by atoms with Crippen LogP contribution in [0.25, 0.3) is 0 Å². The van der Waals surface area contributed by atoms with Crippen molar-refractivity contribution < 1.29 is 18.0 Å². The Morgan fingerprint density at radius 1 is 1.48 bits per heavy atom. The summed E-state index contributed by atoms with van der Waals surface area (Å²) in [5.74, 6) is -0.0444. The second-order valence-electron chi connectivity index (χ2n) is 5.58. The normalized spacial score (nSPS) is 15.5. The highest BCUT2D eigenvalue weighted by Crippen LogP contribution is 2.39. The summed E-state index contributed by atoms with van der Waals surface area (Å²) in [5, 5.41) is 8.74. The molecule has 0 radical (unpaired) electrons. The minimum absolute atomic E-state index is 0.0877. The molecule has 0 spiro atoms. The molecule has 0 unspecified atom stereocenters. The topological polar surface area (TPSA) is 70.7 Å². The van der Waals surface area contributed by atoms with Crippen LogP contribution in [-0.4, -0.2) is 21.1 Å². The van der Waals surface area contributed by atoms with E-state index in [4.69, 9.17) is 0 Å². The number of thiazole rings is 1. The van der Waals surface area contributed by atoms with Crippen molar-refractivity contribution in [1.82, 2.24) is 15.2 Å². The second kappa shape index (κ2) is 5.95. The average Bonchev–Trinajstić information content (AvgIpc) is 2.95. The minimum Gasteiger partial charge on any atom is -0.309 e. The quantitative estimate of drug-likeness (QED) is 0.889. The molecule has 0 bridgehead atoms. The molecule has 1 amide bonds. The number of H-pyrrole nitrogens is 1. The molecule has 2 aromatic heterocycles. The van der Waals surface area contributed by atoms with Gasteiger partial charge in [-0.25, -0.2) is 4.98 Å². The summed E-state index contributed by atoms with van der Waals surface area (Å²) in [7, 11) is 0. The molecule has 2 heterocycles. The van der Waals surface area contributed by atoms with Crippen molar-refractivity contribution in [1.29, 1.82) is 0 Å². The lowest BCUT2D eigenvalue weighted by molar-refractivity contribution is -0.141. The number of carbonyl (C=O) groups is 1. The van der Waals surface area contributed by atoms with Gasteiger partial charge in [0.1, 0.15) is 5.69 Å². The summed E-state index contributed by atoms with van der Waals surface area (Å²) in [4.78, 5) is 17.3. The lowest BCUT2D eigenvalue weighted by Crippen LogP contribution is -2.14. The van der Waals surface area contributed by atoms with Crippen LogP contribution < -0.4 is 5.32 Å². The van der Waals surface area contributed by atoms with Gasteiger partial charge in [0.15, 0.2) is 5.82 Å². The van der Waals surface area contributed by atoms with Gasteiger partial charge in [-0.05, 0) is 19.8 Å². The Labute approximate surface area is 134 Å². The minimum atomic E-state index is -4.51. The van der Waals surface area contributed by atoms with E-state index in [-0.39, 0.29) is 12.2 Å². The van der Waals surface area contributed by atoms with Crippen molar-refractivity contribution in [2.75, 3.05) is 5.32 Å². The molecule has 124 valence electrons. The highest BCUT2D eigenvalue weighted by atomic mass is 32.1. The van der Waals surface area contributed by atoms with Gasteiger partial charge in [-0.1, -0.05) is 6.42 Å². The van der Waals surface area contributed by atoms with Crippen LogP contribution in [0, 0.1) is 6.92 Å². The van der Waals surface area contributed by atoms with Crippen LogP contribution in [0.15, 0.2) is 6.07 Å². The summed E-state index contributed by atoms with van der Waals surface area (Å²) >= 11 is 1.51. The molecule has 1 saturated carbocycles. The van der Waals surface area contributed by atoms with E-state index in [1.807, 2.05) is 12.0 Å². The van der Waals surface area contributed by atoms with Crippen molar-refractivity contribution in [2.24, 2.45) is 0 Å². The third-order valence-corrected chi connectivity index (χ3v) is 5.16. The van der Waals surface area contributed by atoms with Crippen LogP contribution in [-0.2, 0) is 17.4 Å². The number of carbonyl (C=O) groups excluding carboxylic acids is 1. The Bertz CT molecular complexity index is 718. The molecule has 9 heteroatoms. The standard InChI is InChI=1S/C14H15F3N4OS/c1-7-9(23-13(18-7)8-3-2-4-8)5-12(22)19-11-6-10(20-21-11)14(15,16)17/h6,8H,2-5H2,1H3,(H2,19,20,21,22). The zero-order valence-corrected chi connectivity index (χ0v) is 13.1. The number of nitrogens with zero attached hydrogens (tertiary/aromatic N) is 2. The number of aromatic amines is 1. The van der Waals surface area contributed by atoms with Gasteiger partial charge < -0.3 is 5.32 Å². The van der Waals surface area contributed by atoms with Gasteiger partial charge in [-0.2, -0.15) is 18.3 Å². The lowest BCUT2D eigenvalue weighted by Gasteiger charge is -2.22. The van der Waals surface area contributed by atoms with Crippen molar-refractivity contribution in [3.8, 4) is 0 Å². The number of alkyl halides is 3. The fraction of sp³-hybridized carbons (Fsp3) is 0.500. The lowest BCUT2D eigenvalue weighted by atomic mass is 9.86. The van der Waals surface area contributed by atoms with Crippen molar-refractivity contribution in [3.63, 3.8) is 0 Å². The molecule has 23 heavy (non-hydrogen) atoms. The summed E-state index contributed by atoms with van der Waals surface area (Å²) in [6, 6.07) is 0.775. The number of aryl methyl sites for hydroxylation is 1. The Hall–Kier alpha value is -1.90. The molecule has 5 nitrogen and oxygen atoms in total. The third-order valence-electron chi connectivity index (χ3n) is 3.84. The molecule has 0 aromatic carbocycles. The number of rotatable bonds is 4. The Kier molecular flexibility index (Phi) is 4.13. The molecule has 0 atom stereocenters. The number of anilines is 1. The van der Waals surface area contributed by atoms with Gasteiger partial charge in [0.2, 0.25) is 5.91 Å². The van der Waals surface area contributed by atoms with Gasteiger partial charge in [-0.15, -0.1) is 11.3 Å². The first-order valence-electron chi connectivity index (χ1n) is 7.21. The number of amides is 1. The van der Waals surface area contributed by atoms with Crippen LogP contribution in [0.4, 0.5) is 19.0 Å². The fourth-order valence-corrected chi connectivity index (χ4v) is 3.54. The first-order chi connectivity index (χ1) is 10.8. The summed E-state index contributed by atoms with van der Waals surface area (Å²) in [5.41, 5.74) is -0.181. The number of aromatic nitrogens is 3. The van der Waals surface area contributed by atoms with Gasteiger partial charge in [0, 0.05) is 16.9 Å². The van der Waals surface area contributed by atoms with Crippen LogP contribution in [0.3, 0.4) is 0 Å². The van der Waals surface area contributed by atoms with Gasteiger partial charge in [-0.3, -0.25) is 9.89 Å². The molecular weight excluding hydrogens is 329 g/mol. The van der Waals surface area contributed by atoms with Crippen molar-refractivity contribution >= 4 is 23.1 Å². The van der Waals surface area contributed by atoms with Crippen molar-refractivity contribution in [2.45, 2.75) is 44.7 Å². The van der Waals surface area contributed by atoms with E-state index in [1.54, 1.807) is 0 Å². The molecule has 1 aliphatic rings. The van der Waals surface area contributed by atoms with E-state index in [9.17, 15) is 18.0 Å². The molecule has 2 N–H and O–H groups in total. The van der Waals surface area contributed by atoms with E-state index < -0.39 is 17.8 Å². The summed E-state index contributed by atoms with van der Waals surface area (Å²) < 4.78 is 37.4. The predicted molar refractivity (Wildman–Crippen MR) is 79.4 cm³/mol. The van der Waals surface area contributed by atoms with Crippen LogP contribution in [0.2, 0.25) is 0 Å². The predicted octanol–water partition coefficient (Wildman–Crippen LogP) is 3.64.